The van der Waals surface area contributed by atoms with Gasteiger partial charge in [-0.25, -0.2) is 0 Å². The number of hydrogen-bond donors (Lipinski definition) is 0. The molecule has 0 aliphatic carbocycles. The quantitative estimate of drug-likeness (QED) is 0.770. The molecule has 0 saturated heterocycles. The summed E-state index contributed by atoms with van der Waals surface area (Å²) in [6, 6.07) is 3.66. The first-order valence-corrected chi connectivity index (χ1v) is 4.77. The fraction of sp³-hybridized carbons (Fsp3) is 0.364. The van der Waals surface area contributed by atoms with Gasteiger partial charge >= 0.3 is 0 Å². The molecule has 0 aliphatic rings. The number of aryl methyl sites for hydroxylation is 2. The maximum atomic E-state index is 10.7. The fourth-order valence-electron chi connectivity index (χ4n) is 1.17. The standard InChI is InChI=1S/C11H13ClO2/c1-7-4-10(14-6-9(3)13)5-8(2)11(7)12/h4-5H,6H2,1-3H3. The van der Waals surface area contributed by atoms with Crippen LogP contribution in [0.25, 0.3) is 0 Å². The number of carbonyl (C=O) groups is 1. The number of rotatable bonds is 3. The van der Waals surface area contributed by atoms with Crippen molar-refractivity contribution in [3.8, 4) is 5.75 Å². The SMILES string of the molecule is CC(=O)COc1cc(C)c(Cl)c(C)c1. The summed E-state index contributed by atoms with van der Waals surface area (Å²) >= 11 is 5.99. The Bertz CT molecular complexity index is 335. The lowest BCUT2D eigenvalue weighted by atomic mass is 10.1. The molecule has 2 nitrogen and oxygen atoms in total. The Hall–Kier alpha value is -1.02. The first-order chi connectivity index (χ1) is 6.50. The maximum Gasteiger partial charge on any atom is 0.167 e. The highest BCUT2D eigenvalue weighted by molar-refractivity contribution is 6.32. The van der Waals surface area contributed by atoms with Crippen molar-refractivity contribution in [3.63, 3.8) is 0 Å². The first kappa shape index (κ1) is 11.1. The lowest BCUT2D eigenvalue weighted by Crippen LogP contribution is -2.06. The van der Waals surface area contributed by atoms with Crippen LogP contribution in [-0.2, 0) is 4.79 Å². The van der Waals surface area contributed by atoms with Gasteiger partial charge in [0.15, 0.2) is 5.78 Å². The largest absolute Gasteiger partial charge is 0.486 e. The molecule has 0 spiro atoms. The van der Waals surface area contributed by atoms with Crippen LogP contribution in [-0.4, -0.2) is 12.4 Å². The normalized spacial score (nSPS) is 10.0. The zero-order valence-electron chi connectivity index (χ0n) is 8.56. The molecule has 0 amide bonds. The average Bonchev–Trinajstić information content (AvgIpc) is 2.10. The van der Waals surface area contributed by atoms with Crippen molar-refractivity contribution in [1.29, 1.82) is 0 Å². The van der Waals surface area contributed by atoms with Gasteiger partial charge in [0.1, 0.15) is 12.4 Å². The summed E-state index contributed by atoms with van der Waals surface area (Å²) in [5.74, 6) is 0.704. The molecule has 0 atom stereocenters. The summed E-state index contributed by atoms with van der Waals surface area (Å²) in [4.78, 5) is 10.7. The monoisotopic (exact) mass is 212 g/mol. The van der Waals surface area contributed by atoms with E-state index in [0.29, 0.717) is 5.75 Å². The van der Waals surface area contributed by atoms with E-state index in [-0.39, 0.29) is 12.4 Å². The minimum absolute atomic E-state index is 0.00950. The van der Waals surface area contributed by atoms with Gasteiger partial charge in [-0.1, -0.05) is 11.6 Å². The molecule has 0 aromatic heterocycles. The highest BCUT2D eigenvalue weighted by Gasteiger charge is 2.03. The Kier molecular flexibility index (Phi) is 3.53. The van der Waals surface area contributed by atoms with Gasteiger partial charge in [-0.3, -0.25) is 4.79 Å². The van der Waals surface area contributed by atoms with Gasteiger partial charge in [0.05, 0.1) is 0 Å². The van der Waals surface area contributed by atoms with Crippen molar-refractivity contribution in [3.05, 3.63) is 28.3 Å². The van der Waals surface area contributed by atoms with Crippen molar-refractivity contribution in [2.75, 3.05) is 6.61 Å². The van der Waals surface area contributed by atoms with Gasteiger partial charge in [0, 0.05) is 5.02 Å². The third-order valence-electron chi connectivity index (χ3n) is 1.85. The molecule has 0 radical (unpaired) electrons. The Morgan fingerprint density at radius 3 is 2.29 bits per heavy atom. The molecule has 0 unspecified atom stereocenters. The van der Waals surface area contributed by atoms with E-state index in [1.165, 1.54) is 6.92 Å². The number of ether oxygens (including phenoxy) is 1. The summed E-state index contributed by atoms with van der Waals surface area (Å²) in [6.45, 7) is 5.43. The van der Waals surface area contributed by atoms with E-state index in [9.17, 15) is 4.79 Å². The van der Waals surface area contributed by atoms with Crippen LogP contribution in [0.4, 0.5) is 0 Å². The molecule has 0 aliphatic heterocycles. The molecule has 0 N–H and O–H groups in total. The molecule has 0 saturated carbocycles. The molecule has 0 heterocycles. The first-order valence-electron chi connectivity index (χ1n) is 4.39. The van der Waals surface area contributed by atoms with Crippen LogP contribution < -0.4 is 4.74 Å². The van der Waals surface area contributed by atoms with Gasteiger partial charge < -0.3 is 4.74 Å². The molecular formula is C11H13ClO2. The third-order valence-corrected chi connectivity index (χ3v) is 2.45. The second kappa shape index (κ2) is 4.47. The van der Waals surface area contributed by atoms with Crippen LogP contribution in [0.2, 0.25) is 5.02 Å². The Balaban J connectivity index is 2.84. The maximum absolute atomic E-state index is 10.7. The topological polar surface area (TPSA) is 26.3 Å². The molecular weight excluding hydrogens is 200 g/mol. The summed E-state index contributed by atoms with van der Waals surface area (Å²) in [6.07, 6.45) is 0. The molecule has 0 bridgehead atoms. The molecule has 1 aromatic carbocycles. The molecule has 76 valence electrons. The van der Waals surface area contributed by atoms with Gasteiger partial charge in [0.2, 0.25) is 0 Å². The summed E-state index contributed by atoms with van der Waals surface area (Å²) in [5, 5.41) is 0.750. The van der Waals surface area contributed by atoms with Gasteiger partial charge in [-0.15, -0.1) is 0 Å². The van der Waals surface area contributed by atoms with Crippen molar-refractivity contribution >= 4 is 17.4 Å². The Labute approximate surface area is 88.8 Å². The molecule has 14 heavy (non-hydrogen) atoms. The molecule has 3 heteroatoms. The zero-order chi connectivity index (χ0) is 10.7. The van der Waals surface area contributed by atoms with Gasteiger partial charge in [-0.05, 0) is 44.0 Å². The third kappa shape index (κ3) is 2.74. The number of hydrogen-bond acceptors (Lipinski definition) is 2. The summed E-state index contributed by atoms with van der Waals surface area (Å²) < 4.78 is 5.28. The highest BCUT2D eigenvalue weighted by atomic mass is 35.5. The highest BCUT2D eigenvalue weighted by Crippen LogP contribution is 2.25. The predicted octanol–water partition coefficient (Wildman–Crippen LogP) is 2.92. The number of carbonyl (C=O) groups excluding carboxylic acids is 1. The predicted molar refractivity (Wildman–Crippen MR) is 57.1 cm³/mol. The van der Waals surface area contributed by atoms with E-state index in [0.717, 1.165) is 16.1 Å². The van der Waals surface area contributed by atoms with Crippen molar-refractivity contribution in [2.45, 2.75) is 20.8 Å². The van der Waals surface area contributed by atoms with Crippen LogP contribution in [0.3, 0.4) is 0 Å². The van der Waals surface area contributed by atoms with Gasteiger partial charge in [0.25, 0.3) is 0 Å². The Morgan fingerprint density at radius 2 is 1.86 bits per heavy atom. The van der Waals surface area contributed by atoms with Crippen molar-refractivity contribution in [2.24, 2.45) is 0 Å². The van der Waals surface area contributed by atoms with E-state index in [1.54, 1.807) is 0 Å². The van der Waals surface area contributed by atoms with Crippen molar-refractivity contribution < 1.29 is 9.53 Å². The lowest BCUT2D eigenvalue weighted by Gasteiger charge is -2.08. The van der Waals surface area contributed by atoms with Crippen LogP contribution >= 0.6 is 11.6 Å². The second-order valence-corrected chi connectivity index (χ2v) is 3.74. The van der Waals surface area contributed by atoms with E-state index < -0.39 is 0 Å². The molecule has 0 fully saturated rings. The summed E-state index contributed by atoms with van der Waals surface area (Å²) in [5.41, 5.74) is 1.93. The average molecular weight is 213 g/mol. The lowest BCUT2D eigenvalue weighted by molar-refractivity contribution is -0.118. The van der Waals surface area contributed by atoms with Crippen LogP contribution in [0.15, 0.2) is 12.1 Å². The van der Waals surface area contributed by atoms with Crippen LogP contribution in [0.5, 0.6) is 5.75 Å². The minimum atomic E-state index is 0.00950. The van der Waals surface area contributed by atoms with E-state index in [2.05, 4.69) is 0 Å². The number of benzene rings is 1. The number of ketones is 1. The summed E-state index contributed by atoms with van der Waals surface area (Å²) in [7, 11) is 0. The smallest absolute Gasteiger partial charge is 0.167 e. The number of halogens is 1. The molecule has 1 aromatic rings. The fourth-order valence-corrected chi connectivity index (χ4v) is 1.28. The number of Topliss-reactive ketones (excluding diaryl/α,β-unsaturated/α-hetero) is 1. The van der Waals surface area contributed by atoms with Gasteiger partial charge in [-0.2, -0.15) is 0 Å². The van der Waals surface area contributed by atoms with E-state index in [4.69, 9.17) is 16.3 Å². The van der Waals surface area contributed by atoms with E-state index >= 15 is 0 Å². The second-order valence-electron chi connectivity index (χ2n) is 3.36. The van der Waals surface area contributed by atoms with Crippen LogP contribution in [0.1, 0.15) is 18.1 Å². The minimum Gasteiger partial charge on any atom is -0.486 e. The Morgan fingerprint density at radius 1 is 1.36 bits per heavy atom. The van der Waals surface area contributed by atoms with Crippen molar-refractivity contribution in [1.82, 2.24) is 0 Å². The van der Waals surface area contributed by atoms with Crippen LogP contribution in [0, 0.1) is 13.8 Å². The molecule has 1 rings (SSSR count). The zero-order valence-corrected chi connectivity index (χ0v) is 9.31. The van der Waals surface area contributed by atoms with E-state index in [1.807, 2.05) is 26.0 Å².